The van der Waals surface area contributed by atoms with Gasteiger partial charge >= 0.3 is 6.61 Å². The number of hydrogen-bond acceptors (Lipinski definition) is 5. The fourth-order valence-electron chi connectivity index (χ4n) is 2.63. The predicted octanol–water partition coefficient (Wildman–Crippen LogP) is 3.69. The molecular formula is C21H23F2NO5. The van der Waals surface area contributed by atoms with Crippen LogP contribution in [0.5, 0.6) is 23.0 Å². The smallest absolute Gasteiger partial charge is 0.387 e. The number of rotatable bonds is 10. The minimum atomic E-state index is -3.01. The Bertz CT molecular complexity index is 855. The lowest BCUT2D eigenvalue weighted by molar-refractivity contribution is -0.116. The molecule has 8 heteroatoms. The summed E-state index contributed by atoms with van der Waals surface area (Å²) in [6, 6.07) is 10.2. The zero-order valence-electron chi connectivity index (χ0n) is 16.4. The van der Waals surface area contributed by atoms with Crippen molar-refractivity contribution in [1.29, 1.82) is 0 Å². The number of carbonyl (C=O) groups is 1. The molecule has 0 bridgehead atoms. The summed E-state index contributed by atoms with van der Waals surface area (Å²) in [6.07, 6.45) is 3.23. The van der Waals surface area contributed by atoms with Crippen molar-refractivity contribution in [3.8, 4) is 23.0 Å². The molecule has 0 aliphatic carbocycles. The van der Waals surface area contributed by atoms with E-state index in [4.69, 9.17) is 14.2 Å². The van der Waals surface area contributed by atoms with Crippen LogP contribution in [0.3, 0.4) is 0 Å². The first-order chi connectivity index (χ1) is 14.0. The van der Waals surface area contributed by atoms with Gasteiger partial charge in [0.1, 0.15) is 0 Å². The van der Waals surface area contributed by atoms with Crippen LogP contribution in [0.25, 0.3) is 6.08 Å². The van der Waals surface area contributed by atoms with Crippen LogP contribution in [0.15, 0.2) is 42.5 Å². The van der Waals surface area contributed by atoms with Gasteiger partial charge in [0.15, 0.2) is 23.0 Å². The van der Waals surface area contributed by atoms with Gasteiger partial charge in [-0.3, -0.25) is 4.79 Å². The van der Waals surface area contributed by atoms with E-state index in [2.05, 4.69) is 10.1 Å². The fraction of sp³-hybridized carbons (Fsp3) is 0.286. The number of para-hydroxylation sites is 1. The minimum absolute atomic E-state index is 0.126. The summed E-state index contributed by atoms with van der Waals surface area (Å²) in [6.45, 7) is -2.62. The zero-order valence-corrected chi connectivity index (χ0v) is 16.4. The highest BCUT2D eigenvalue weighted by Gasteiger charge is 2.14. The van der Waals surface area contributed by atoms with Crippen LogP contribution < -0.4 is 24.3 Å². The second-order valence-electron chi connectivity index (χ2n) is 5.82. The highest BCUT2D eigenvalue weighted by Crippen LogP contribution is 2.33. The Kier molecular flexibility index (Phi) is 8.27. The number of halogens is 2. The molecule has 0 unspecified atom stereocenters. The molecule has 2 rings (SSSR count). The molecule has 1 amide bonds. The first-order valence-corrected chi connectivity index (χ1v) is 8.77. The number of methoxy groups -OCH3 is 3. The summed E-state index contributed by atoms with van der Waals surface area (Å²) in [4.78, 5) is 12.1. The molecule has 1 N–H and O–H groups in total. The quantitative estimate of drug-likeness (QED) is 0.609. The molecule has 0 aliphatic rings. The highest BCUT2D eigenvalue weighted by atomic mass is 19.3. The average Bonchev–Trinajstić information content (AvgIpc) is 2.72. The number of ether oxygens (including phenoxy) is 4. The van der Waals surface area contributed by atoms with E-state index in [1.54, 1.807) is 32.4 Å². The molecule has 0 heterocycles. The number of hydrogen-bond donors (Lipinski definition) is 1. The molecule has 2 aromatic carbocycles. The second-order valence-corrected chi connectivity index (χ2v) is 5.82. The molecule has 6 nitrogen and oxygen atoms in total. The maximum atomic E-state index is 12.6. The largest absolute Gasteiger partial charge is 0.493 e. The monoisotopic (exact) mass is 407 g/mol. The first-order valence-electron chi connectivity index (χ1n) is 8.77. The van der Waals surface area contributed by atoms with E-state index in [0.717, 1.165) is 5.56 Å². The maximum absolute atomic E-state index is 12.6. The van der Waals surface area contributed by atoms with Gasteiger partial charge in [-0.25, -0.2) is 0 Å². The number of benzene rings is 2. The van der Waals surface area contributed by atoms with Gasteiger partial charge in [-0.1, -0.05) is 18.2 Å². The third kappa shape index (κ3) is 6.38. The maximum Gasteiger partial charge on any atom is 0.387 e. The van der Waals surface area contributed by atoms with Crippen molar-refractivity contribution in [2.24, 2.45) is 0 Å². The Labute approximate surface area is 168 Å². The molecule has 0 spiro atoms. The van der Waals surface area contributed by atoms with Crippen molar-refractivity contribution in [1.82, 2.24) is 5.32 Å². The van der Waals surface area contributed by atoms with E-state index in [0.29, 0.717) is 30.0 Å². The molecule has 0 saturated carbocycles. The summed E-state index contributed by atoms with van der Waals surface area (Å²) in [5.74, 6) is 0.904. The SMILES string of the molecule is COc1ccc(CCNC(=O)/C=C/c2cccc(OC)c2OC(F)F)cc1OC. The van der Waals surface area contributed by atoms with Gasteiger partial charge in [0, 0.05) is 18.2 Å². The van der Waals surface area contributed by atoms with E-state index in [-0.39, 0.29) is 17.4 Å². The van der Waals surface area contributed by atoms with Crippen LogP contribution in [0, 0.1) is 0 Å². The van der Waals surface area contributed by atoms with E-state index in [1.807, 2.05) is 12.1 Å². The predicted molar refractivity (Wildman–Crippen MR) is 105 cm³/mol. The normalized spacial score (nSPS) is 10.8. The van der Waals surface area contributed by atoms with Gasteiger partial charge < -0.3 is 24.3 Å². The lowest BCUT2D eigenvalue weighted by Crippen LogP contribution is -2.23. The average molecular weight is 407 g/mol. The molecule has 0 radical (unpaired) electrons. The molecule has 29 heavy (non-hydrogen) atoms. The molecule has 0 atom stereocenters. The Morgan fingerprint density at radius 2 is 1.76 bits per heavy atom. The molecule has 0 aliphatic heterocycles. The van der Waals surface area contributed by atoms with Crippen LogP contribution in [0.4, 0.5) is 8.78 Å². The Hall–Kier alpha value is -3.29. The third-order valence-electron chi connectivity index (χ3n) is 4.01. The summed E-state index contributed by atoms with van der Waals surface area (Å²) >= 11 is 0. The summed E-state index contributed by atoms with van der Waals surface area (Å²) < 4.78 is 45.3. The van der Waals surface area contributed by atoms with Gasteiger partial charge in [0.05, 0.1) is 21.3 Å². The Morgan fingerprint density at radius 3 is 2.41 bits per heavy atom. The molecular weight excluding hydrogens is 384 g/mol. The van der Waals surface area contributed by atoms with Crippen molar-refractivity contribution >= 4 is 12.0 Å². The lowest BCUT2D eigenvalue weighted by Gasteiger charge is -2.12. The molecule has 0 fully saturated rings. The van der Waals surface area contributed by atoms with E-state index in [9.17, 15) is 13.6 Å². The number of amides is 1. The van der Waals surface area contributed by atoms with Gasteiger partial charge in [-0.2, -0.15) is 8.78 Å². The number of carbonyl (C=O) groups excluding carboxylic acids is 1. The molecule has 156 valence electrons. The van der Waals surface area contributed by atoms with Gasteiger partial charge in [0.2, 0.25) is 5.91 Å². The van der Waals surface area contributed by atoms with E-state index >= 15 is 0 Å². The standard InChI is InChI=1S/C21H23F2NO5/c1-26-16-9-7-14(13-18(16)28-3)11-12-24-19(25)10-8-15-5-4-6-17(27-2)20(15)29-21(22)23/h4-10,13,21H,11-12H2,1-3H3,(H,24,25)/b10-8+. The van der Waals surface area contributed by atoms with Crippen molar-refractivity contribution < 1.29 is 32.5 Å². The Morgan fingerprint density at radius 1 is 1.03 bits per heavy atom. The molecule has 0 saturated heterocycles. The second kappa shape index (κ2) is 10.9. The Balaban J connectivity index is 1.97. The van der Waals surface area contributed by atoms with Crippen LogP contribution >= 0.6 is 0 Å². The van der Waals surface area contributed by atoms with Gasteiger partial charge in [-0.05, 0) is 36.3 Å². The third-order valence-corrected chi connectivity index (χ3v) is 4.01. The molecule has 0 aromatic heterocycles. The van der Waals surface area contributed by atoms with Crippen molar-refractivity contribution in [3.63, 3.8) is 0 Å². The fourth-order valence-corrected chi connectivity index (χ4v) is 2.63. The van der Waals surface area contributed by atoms with E-state index < -0.39 is 6.61 Å². The minimum Gasteiger partial charge on any atom is -0.493 e. The number of nitrogens with one attached hydrogen (secondary N) is 1. The summed E-state index contributed by atoms with van der Waals surface area (Å²) in [5, 5.41) is 2.74. The van der Waals surface area contributed by atoms with Crippen LogP contribution in [0.1, 0.15) is 11.1 Å². The first kappa shape index (κ1) is 22.0. The highest BCUT2D eigenvalue weighted by molar-refractivity contribution is 5.92. The topological polar surface area (TPSA) is 66.0 Å². The number of alkyl halides is 2. The van der Waals surface area contributed by atoms with Crippen LogP contribution in [0.2, 0.25) is 0 Å². The van der Waals surface area contributed by atoms with Crippen molar-refractivity contribution in [3.05, 3.63) is 53.6 Å². The summed E-state index contributed by atoms with van der Waals surface area (Å²) in [5.41, 5.74) is 1.27. The van der Waals surface area contributed by atoms with Crippen LogP contribution in [-0.4, -0.2) is 40.4 Å². The lowest BCUT2D eigenvalue weighted by atomic mass is 10.1. The van der Waals surface area contributed by atoms with Crippen molar-refractivity contribution in [2.45, 2.75) is 13.0 Å². The van der Waals surface area contributed by atoms with Gasteiger partial charge in [0.25, 0.3) is 0 Å². The van der Waals surface area contributed by atoms with E-state index in [1.165, 1.54) is 25.3 Å². The molecule has 2 aromatic rings. The van der Waals surface area contributed by atoms with Crippen LogP contribution in [-0.2, 0) is 11.2 Å². The summed E-state index contributed by atoms with van der Waals surface area (Å²) in [7, 11) is 4.46. The van der Waals surface area contributed by atoms with Crippen molar-refractivity contribution in [2.75, 3.05) is 27.9 Å². The van der Waals surface area contributed by atoms with Gasteiger partial charge in [-0.15, -0.1) is 0 Å². The zero-order chi connectivity index (χ0) is 21.2.